The van der Waals surface area contributed by atoms with Gasteiger partial charge >= 0.3 is 5.97 Å². The molecule has 0 fully saturated rings. The highest BCUT2D eigenvalue weighted by Crippen LogP contribution is 2.21. The molecule has 0 atom stereocenters. The highest BCUT2D eigenvalue weighted by molar-refractivity contribution is 6.29. The SMILES string of the molecule is O=C(Nc1cc(F)c(F)cc1C(=O)O)c1cncc(Cl)n1. The number of halogens is 3. The van der Waals surface area contributed by atoms with E-state index in [9.17, 15) is 18.4 Å². The first-order valence-corrected chi connectivity index (χ1v) is 5.77. The van der Waals surface area contributed by atoms with Crippen LogP contribution in [0.15, 0.2) is 24.5 Å². The molecule has 21 heavy (non-hydrogen) atoms. The molecule has 0 spiro atoms. The lowest BCUT2D eigenvalue weighted by Gasteiger charge is -2.08. The standard InChI is InChI=1S/C12H6ClF2N3O3/c13-10-4-16-3-9(17-10)11(19)18-8-2-7(15)6(14)1-5(8)12(20)21/h1-4H,(H,18,19)(H,20,21). The monoisotopic (exact) mass is 313 g/mol. The normalized spacial score (nSPS) is 10.2. The second kappa shape index (κ2) is 5.80. The third-order valence-corrected chi connectivity index (χ3v) is 2.56. The Hall–Kier alpha value is -2.61. The second-order valence-corrected chi connectivity index (χ2v) is 4.19. The maximum absolute atomic E-state index is 13.2. The van der Waals surface area contributed by atoms with Gasteiger partial charge in [-0.15, -0.1) is 0 Å². The lowest BCUT2D eigenvalue weighted by atomic mass is 10.1. The smallest absolute Gasteiger partial charge is 0.337 e. The molecule has 0 saturated carbocycles. The van der Waals surface area contributed by atoms with Gasteiger partial charge in [0.05, 0.1) is 23.6 Å². The number of aromatic carboxylic acids is 1. The molecule has 1 aromatic carbocycles. The molecule has 0 bridgehead atoms. The number of rotatable bonds is 3. The van der Waals surface area contributed by atoms with Crippen molar-refractivity contribution in [2.75, 3.05) is 5.32 Å². The van der Waals surface area contributed by atoms with E-state index in [1.54, 1.807) is 0 Å². The molecule has 2 aromatic rings. The summed E-state index contributed by atoms with van der Waals surface area (Å²) in [5.74, 6) is -5.03. The molecule has 0 unspecified atom stereocenters. The third kappa shape index (κ3) is 3.29. The minimum absolute atomic E-state index is 0.0496. The number of carbonyl (C=O) groups excluding carboxylic acids is 1. The summed E-state index contributed by atoms with van der Waals surface area (Å²) in [6, 6.07) is 1.03. The van der Waals surface area contributed by atoms with Crippen LogP contribution < -0.4 is 5.32 Å². The number of anilines is 1. The molecule has 9 heteroatoms. The summed E-state index contributed by atoms with van der Waals surface area (Å²) in [6.07, 6.45) is 2.28. The van der Waals surface area contributed by atoms with E-state index in [2.05, 4.69) is 15.3 Å². The summed E-state index contributed by atoms with van der Waals surface area (Å²) in [4.78, 5) is 30.1. The van der Waals surface area contributed by atoms with Gasteiger partial charge in [0.2, 0.25) is 0 Å². The predicted molar refractivity (Wildman–Crippen MR) is 68.3 cm³/mol. The molecule has 0 aliphatic rings. The highest BCUT2D eigenvalue weighted by atomic mass is 35.5. The lowest BCUT2D eigenvalue weighted by molar-refractivity contribution is 0.0697. The molecule has 1 aromatic heterocycles. The van der Waals surface area contributed by atoms with Gasteiger partial charge in [0.15, 0.2) is 11.6 Å². The molecule has 1 heterocycles. The first-order valence-electron chi connectivity index (χ1n) is 5.39. The molecular weight excluding hydrogens is 308 g/mol. The van der Waals surface area contributed by atoms with Crippen molar-refractivity contribution < 1.29 is 23.5 Å². The number of amides is 1. The average Bonchev–Trinajstić information content (AvgIpc) is 2.42. The van der Waals surface area contributed by atoms with Crippen molar-refractivity contribution in [3.8, 4) is 0 Å². The Bertz CT molecular complexity index is 740. The molecule has 0 aliphatic carbocycles. The van der Waals surface area contributed by atoms with E-state index < -0.39 is 34.8 Å². The van der Waals surface area contributed by atoms with E-state index in [1.165, 1.54) is 6.20 Å². The minimum atomic E-state index is -1.53. The molecule has 2 rings (SSSR count). The number of nitrogens with one attached hydrogen (secondary N) is 1. The van der Waals surface area contributed by atoms with Gasteiger partial charge < -0.3 is 10.4 Å². The van der Waals surface area contributed by atoms with E-state index >= 15 is 0 Å². The number of benzene rings is 1. The number of carbonyl (C=O) groups is 2. The summed E-state index contributed by atoms with van der Waals surface area (Å²) < 4.78 is 26.2. The Morgan fingerprint density at radius 1 is 1.19 bits per heavy atom. The van der Waals surface area contributed by atoms with E-state index in [1.807, 2.05) is 0 Å². The zero-order valence-corrected chi connectivity index (χ0v) is 10.9. The van der Waals surface area contributed by atoms with Crippen LogP contribution in [0.2, 0.25) is 5.15 Å². The van der Waals surface area contributed by atoms with Crippen molar-refractivity contribution in [3.05, 3.63) is 52.6 Å². The minimum Gasteiger partial charge on any atom is -0.478 e. The highest BCUT2D eigenvalue weighted by Gasteiger charge is 2.18. The van der Waals surface area contributed by atoms with Gasteiger partial charge in [0.25, 0.3) is 5.91 Å². The van der Waals surface area contributed by atoms with Crippen molar-refractivity contribution in [2.45, 2.75) is 0 Å². The lowest BCUT2D eigenvalue weighted by Crippen LogP contribution is -2.17. The van der Waals surface area contributed by atoms with Crippen LogP contribution in [0.5, 0.6) is 0 Å². The predicted octanol–water partition coefficient (Wildman–Crippen LogP) is 2.36. The van der Waals surface area contributed by atoms with Crippen molar-refractivity contribution >= 4 is 29.2 Å². The molecule has 6 nitrogen and oxygen atoms in total. The summed E-state index contributed by atoms with van der Waals surface area (Å²) in [5, 5.41) is 11.0. The van der Waals surface area contributed by atoms with Gasteiger partial charge in [0, 0.05) is 6.07 Å². The Kier molecular flexibility index (Phi) is 4.08. The summed E-state index contributed by atoms with van der Waals surface area (Å²) in [6.45, 7) is 0. The second-order valence-electron chi connectivity index (χ2n) is 3.80. The molecule has 0 saturated heterocycles. The van der Waals surface area contributed by atoms with Crippen LogP contribution in [-0.2, 0) is 0 Å². The van der Waals surface area contributed by atoms with Crippen molar-refractivity contribution in [1.29, 1.82) is 0 Å². The zero-order valence-electron chi connectivity index (χ0n) is 10.1. The third-order valence-electron chi connectivity index (χ3n) is 2.38. The Labute approximate surface area is 121 Å². The van der Waals surface area contributed by atoms with E-state index in [0.717, 1.165) is 6.20 Å². The van der Waals surface area contributed by atoms with Gasteiger partial charge in [-0.05, 0) is 6.07 Å². The fraction of sp³-hybridized carbons (Fsp3) is 0. The Morgan fingerprint density at radius 3 is 2.48 bits per heavy atom. The summed E-state index contributed by atoms with van der Waals surface area (Å²) in [7, 11) is 0. The quantitative estimate of drug-likeness (QED) is 0.907. The first kappa shape index (κ1) is 14.8. The van der Waals surface area contributed by atoms with Gasteiger partial charge in [-0.25, -0.2) is 18.6 Å². The number of hydrogen-bond donors (Lipinski definition) is 2. The van der Waals surface area contributed by atoms with Gasteiger partial charge in [-0.1, -0.05) is 11.6 Å². The topological polar surface area (TPSA) is 92.2 Å². The van der Waals surface area contributed by atoms with Crippen LogP contribution in [0, 0.1) is 11.6 Å². The molecular formula is C12H6ClF2N3O3. The molecule has 0 aliphatic heterocycles. The van der Waals surface area contributed by atoms with E-state index in [0.29, 0.717) is 12.1 Å². The number of hydrogen-bond acceptors (Lipinski definition) is 4. The van der Waals surface area contributed by atoms with Crippen LogP contribution in [0.4, 0.5) is 14.5 Å². The van der Waals surface area contributed by atoms with Crippen LogP contribution in [0.1, 0.15) is 20.8 Å². The van der Waals surface area contributed by atoms with Crippen molar-refractivity contribution in [2.24, 2.45) is 0 Å². The van der Waals surface area contributed by atoms with Gasteiger partial charge in [-0.2, -0.15) is 0 Å². The van der Waals surface area contributed by atoms with Crippen molar-refractivity contribution in [1.82, 2.24) is 9.97 Å². The van der Waals surface area contributed by atoms with Crippen LogP contribution >= 0.6 is 11.6 Å². The fourth-order valence-corrected chi connectivity index (χ4v) is 1.61. The molecule has 2 N–H and O–H groups in total. The van der Waals surface area contributed by atoms with Gasteiger partial charge in [-0.3, -0.25) is 9.78 Å². The van der Waals surface area contributed by atoms with Gasteiger partial charge in [0.1, 0.15) is 10.8 Å². The van der Waals surface area contributed by atoms with Crippen LogP contribution in [0.25, 0.3) is 0 Å². The molecule has 108 valence electrons. The Morgan fingerprint density at radius 2 is 1.86 bits per heavy atom. The summed E-state index contributed by atoms with van der Waals surface area (Å²) >= 11 is 5.56. The van der Waals surface area contributed by atoms with Crippen molar-refractivity contribution in [3.63, 3.8) is 0 Å². The Balaban J connectivity index is 2.37. The largest absolute Gasteiger partial charge is 0.478 e. The fourth-order valence-electron chi connectivity index (χ4n) is 1.47. The molecule has 0 radical (unpaired) electrons. The number of nitrogens with zero attached hydrogens (tertiary/aromatic N) is 2. The van der Waals surface area contributed by atoms with E-state index in [-0.39, 0.29) is 10.8 Å². The van der Waals surface area contributed by atoms with Crippen LogP contribution in [-0.4, -0.2) is 27.0 Å². The number of aromatic nitrogens is 2. The summed E-state index contributed by atoms with van der Waals surface area (Å²) in [5.41, 5.74) is -1.21. The molecule has 1 amide bonds. The maximum Gasteiger partial charge on any atom is 0.337 e. The van der Waals surface area contributed by atoms with E-state index in [4.69, 9.17) is 16.7 Å². The maximum atomic E-state index is 13.2. The number of carboxylic acid groups (broad SMARTS) is 1. The average molecular weight is 314 g/mol. The van der Waals surface area contributed by atoms with Crippen LogP contribution in [0.3, 0.4) is 0 Å². The zero-order chi connectivity index (χ0) is 15.6. The first-order chi connectivity index (χ1) is 9.88. The number of carboxylic acids is 1.